The molecule has 0 aromatic heterocycles. The molecule has 2 heterocycles. The van der Waals surface area contributed by atoms with Crippen LogP contribution in [0.2, 0.25) is 0 Å². The van der Waals surface area contributed by atoms with Crippen molar-refractivity contribution in [2.45, 2.75) is 97.1 Å². The van der Waals surface area contributed by atoms with Gasteiger partial charge in [-0.2, -0.15) is 0 Å². The van der Waals surface area contributed by atoms with Gasteiger partial charge < -0.3 is 29.9 Å². The molecule has 2 N–H and O–H groups in total. The molecule has 2 aliphatic heterocycles. The third kappa shape index (κ3) is 7.39. The molecule has 10 heteroatoms. The van der Waals surface area contributed by atoms with Crippen LogP contribution in [-0.4, -0.2) is 77.1 Å². The zero-order chi connectivity index (χ0) is 28.4. The molecule has 0 radical (unpaired) electrons. The summed E-state index contributed by atoms with van der Waals surface area (Å²) in [7, 11) is 1.78. The first kappa shape index (κ1) is 29.3. The summed E-state index contributed by atoms with van der Waals surface area (Å²) >= 11 is 0. The quantitative estimate of drug-likeness (QED) is 0.536. The molecule has 0 aliphatic carbocycles. The molecule has 1 atom stereocenters. The van der Waals surface area contributed by atoms with Gasteiger partial charge in [0.05, 0.1) is 0 Å². The van der Waals surface area contributed by atoms with Gasteiger partial charge in [0.15, 0.2) is 0 Å². The van der Waals surface area contributed by atoms with Gasteiger partial charge in [0.2, 0.25) is 5.91 Å². The Hall–Kier alpha value is -3.30. The van der Waals surface area contributed by atoms with Crippen LogP contribution in [0.1, 0.15) is 83.1 Å². The first-order chi connectivity index (χ1) is 17.6. The molecule has 0 bridgehead atoms. The lowest BCUT2D eigenvalue weighted by molar-refractivity contribution is -0.155. The minimum Gasteiger partial charge on any atom is -0.460 e. The van der Waals surface area contributed by atoms with Crippen molar-refractivity contribution in [1.29, 1.82) is 0 Å². The lowest BCUT2D eigenvalue weighted by Gasteiger charge is -2.38. The topological polar surface area (TPSA) is 122 Å². The van der Waals surface area contributed by atoms with Crippen LogP contribution in [0.4, 0.5) is 10.5 Å². The van der Waals surface area contributed by atoms with Gasteiger partial charge in [0, 0.05) is 50.4 Å². The van der Waals surface area contributed by atoms with E-state index in [0.717, 1.165) is 37.2 Å². The van der Waals surface area contributed by atoms with Gasteiger partial charge in [-0.05, 0) is 84.6 Å². The Morgan fingerprint density at radius 1 is 1.05 bits per heavy atom. The number of piperidine rings is 1. The van der Waals surface area contributed by atoms with Crippen LogP contribution >= 0.6 is 0 Å². The number of primary amides is 1. The number of fused-ring (bicyclic) bond motifs is 1. The molecule has 1 aromatic rings. The van der Waals surface area contributed by atoms with E-state index in [1.807, 2.05) is 32.9 Å². The number of ether oxygens (including phenoxy) is 2. The molecule has 1 saturated heterocycles. The van der Waals surface area contributed by atoms with Crippen LogP contribution in [0.25, 0.3) is 0 Å². The SMILES string of the molecule is CN(C(=O)OC(C)(C)C)C1CCN(c2ccc3c(c2)CN([C@@H](CCC(=O)OC(C)(C)C)C(N)=O)C3=O)CC1. The molecule has 0 spiro atoms. The van der Waals surface area contributed by atoms with Crippen molar-refractivity contribution in [1.82, 2.24) is 9.80 Å². The second-order valence-electron chi connectivity index (χ2n) is 12.1. The predicted molar refractivity (Wildman–Crippen MR) is 144 cm³/mol. The van der Waals surface area contributed by atoms with E-state index >= 15 is 0 Å². The number of benzene rings is 1. The average molecular weight is 531 g/mol. The highest BCUT2D eigenvalue weighted by Crippen LogP contribution is 2.31. The summed E-state index contributed by atoms with van der Waals surface area (Å²) in [4.78, 5) is 55.3. The van der Waals surface area contributed by atoms with E-state index in [9.17, 15) is 19.2 Å². The van der Waals surface area contributed by atoms with E-state index in [1.165, 1.54) is 4.90 Å². The van der Waals surface area contributed by atoms with Crippen LogP contribution in [-0.2, 0) is 25.6 Å². The molecule has 1 aromatic carbocycles. The second kappa shape index (κ2) is 11.2. The average Bonchev–Trinajstić information content (AvgIpc) is 3.11. The summed E-state index contributed by atoms with van der Waals surface area (Å²) in [6.07, 6.45) is 1.37. The number of amides is 3. The Balaban J connectivity index is 1.62. The van der Waals surface area contributed by atoms with Gasteiger partial charge in [0.25, 0.3) is 5.91 Å². The number of hydrogen-bond donors (Lipinski definition) is 1. The zero-order valence-electron chi connectivity index (χ0n) is 23.7. The number of carbonyl (C=O) groups excluding carboxylic acids is 4. The van der Waals surface area contributed by atoms with Crippen LogP contribution in [0.5, 0.6) is 0 Å². The minimum absolute atomic E-state index is 0.0110. The normalized spacial score (nSPS) is 17.2. The van der Waals surface area contributed by atoms with Crippen molar-refractivity contribution in [3.8, 4) is 0 Å². The van der Waals surface area contributed by atoms with Crippen molar-refractivity contribution in [3.05, 3.63) is 29.3 Å². The number of nitrogens with two attached hydrogens (primary N) is 1. The van der Waals surface area contributed by atoms with E-state index in [1.54, 1.807) is 38.8 Å². The van der Waals surface area contributed by atoms with E-state index in [4.69, 9.17) is 15.2 Å². The smallest absolute Gasteiger partial charge is 0.410 e. The summed E-state index contributed by atoms with van der Waals surface area (Å²) in [5, 5.41) is 0. The number of esters is 1. The Morgan fingerprint density at radius 3 is 2.21 bits per heavy atom. The fraction of sp³-hybridized carbons (Fsp3) is 0.643. The van der Waals surface area contributed by atoms with Crippen LogP contribution in [0.15, 0.2) is 18.2 Å². The Labute approximate surface area is 225 Å². The van der Waals surface area contributed by atoms with Gasteiger partial charge >= 0.3 is 12.1 Å². The Bertz CT molecular complexity index is 1070. The Morgan fingerprint density at radius 2 is 1.66 bits per heavy atom. The molecule has 210 valence electrons. The predicted octanol–water partition coefficient (Wildman–Crippen LogP) is 3.45. The molecule has 38 heavy (non-hydrogen) atoms. The molecular weight excluding hydrogens is 488 g/mol. The number of rotatable bonds is 7. The first-order valence-corrected chi connectivity index (χ1v) is 13.2. The number of nitrogens with zero attached hydrogens (tertiary/aromatic N) is 3. The van der Waals surface area contributed by atoms with Crippen LogP contribution in [0, 0.1) is 0 Å². The maximum absolute atomic E-state index is 13.1. The summed E-state index contributed by atoms with van der Waals surface area (Å²) in [6, 6.07) is 4.88. The second-order valence-corrected chi connectivity index (χ2v) is 12.1. The standard InChI is InChI=1S/C28H42N4O6/c1-27(2,3)37-23(33)11-10-22(24(29)34)32-17-18-16-20(8-9-21(18)25(32)35)31-14-12-19(13-15-31)30(7)26(36)38-28(4,5)6/h8-9,16,19,22H,10-15,17H2,1-7H3,(H2,29,34)/t22-/m0/s1. The molecule has 1 fully saturated rings. The fourth-order valence-electron chi connectivity index (χ4n) is 4.87. The summed E-state index contributed by atoms with van der Waals surface area (Å²) in [5.41, 5.74) is 6.82. The first-order valence-electron chi connectivity index (χ1n) is 13.2. The zero-order valence-corrected chi connectivity index (χ0v) is 23.7. The summed E-state index contributed by atoms with van der Waals surface area (Å²) in [5.74, 6) is -1.35. The molecule has 10 nitrogen and oxygen atoms in total. The van der Waals surface area contributed by atoms with Gasteiger partial charge in [-0.15, -0.1) is 0 Å². The van der Waals surface area contributed by atoms with E-state index in [2.05, 4.69) is 4.90 Å². The highest BCUT2D eigenvalue weighted by atomic mass is 16.6. The minimum atomic E-state index is -0.898. The molecule has 0 saturated carbocycles. The van der Waals surface area contributed by atoms with Gasteiger partial charge in [-0.1, -0.05) is 0 Å². The Kier molecular flexibility index (Phi) is 8.63. The number of carbonyl (C=O) groups is 4. The van der Waals surface area contributed by atoms with Crippen LogP contribution < -0.4 is 10.6 Å². The lowest BCUT2D eigenvalue weighted by Crippen LogP contribution is -2.47. The third-order valence-corrected chi connectivity index (χ3v) is 6.73. The van der Waals surface area contributed by atoms with Gasteiger partial charge in [-0.3, -0.25) is 14.4 Å². The van der Waals surface area contributed by atoms with Gasteiger partial charge in [-0.25, -0.2) is 4.79 Å². The fourth-order valence-corrected chi connectivity index (χ4v) is 4.87. The maximum atomic E-state index is 13.1. The maximum Gasteiger partial charge on any atom is 0.410 e. The largest absolute Gasteiger partial charge is 0.460 e. The molecule has 3 rings (SSSR count). The van der Waals surface area contributed by atoms with E-state index in [-0.39, 0.29) is 37.4 Å². The van der Waals surface area contributed by atoms with Crippen LogP contribution in [0.3, 0.4) is 0 Å². The van der Waals surface area contributed by atoms with Crippen molar-refractivity contribution in [2.75, 3.05) is 25.0 Å². The van der Waals surface area contributed by atoms with Crippen molar-refractivity contribution in [2.24, 2.45) is 5.73 Å². The number of anilines is 1. The highest BCUT2D eigenvalue weighted by molar-refractivity contribution is 6.01. The molecule has 3 amide bonds. The van der Waals surface area contributed by atoms with Crippen molar-refractivity contribution >= 4 is 29.6 Å². The monoisotopic (exact) mass is 530 g/mol. The molecular formula is C28H42N4O6. The molecule has 2 aliphatic rings. The van der Waals surface area contributed by atoms with Crippen molar-refractivity contribution < 1.29 is 28.7 Å². The number of hydrogen-bond acceptors (Lipinski definition) is 7. The summed E-state index contributed by atoms with van der Waals surface area (Å²) in [6.45, 7) is 12.7. The third-order valence-electron chi connectivity index (χ3n) is 6.73. The van der Waals surface area contributed by atoms with Crippen molar-refractivity contribution in [3.63, 3.8) is 0 Å². The van der Waals surface area contributed by atoms with E-state index in [0.29, 0.717) is 5.56 Å². The molecule has 0 unspecified atom stereocenters. The van der Waals surface area contributed by atoms with Gasteiger partial charge in [0.1, 0.15) is 17.2 Å². The summed E-state index contributed by atoms with van der Waals surface area (Å²) < 4.78 is 10.8. The highest BCUT2D eigenvalue weighted by Gasteiger charge is 2.37. The van der Waals surface area contributed by atoms with E-state index < -0.39 is 29.1 Å². The lowest BCUT2D eigenvalue weighted by atomic mass is 10.0.